The van der Waals surface area contributed by atoms with Crippen LogP contribution < -0.4 is 0 Å². The highest BCUT2D eigenvalue weighted by atomic mass is 16.5. The van der Waals surface area contributed by atoms with E-state index in [1.54, 1.807) is 25.2 Å². The fraction of sp³-hybridized carbons (Fsp3) is 0.389. The Bertz CT molecular complexity index is 649. The first-order valence-electron chi connectivity index (χ1n) is 7.84. The number of carbonyl (C=O) groups is 1. The van der Waals surface area contributed by atoms with Gasteiger partial charge in [-0.1, -0.05) is 24.3 Å². The molecule has 2 rings (SSSR count). The monoisotopic (exact) mass is 334 g/mol. The van der Waals surface area contributed by atoms with E-state index in [-0.39, 0.29) is 17.1 Å². The molecule has 0 saturated heterocycles. The first-order chi connectivity index (χ1) is 11.4. The van der Waals surface area contributed by atoms with Crippen molar-refractivity contribution in [1.29, 1.82) is 0 Å². The predicted octanol–water partition coefficient (Wildman–Crippen LogP) is 2.12. The second kappa shape index (κ2) is 7.99. The van der Waals surface area contributed by atoms with Crippen molar-refractivity contribution in [1.82, 2.24) is 0 Å². The van der Waals surface area contributed by atoms with Crippen LogP contribution in [-0.2, 0) is 4.74 Å². The molecule has 0 radical (unpaired) electrons. The van der Waals surface area contributed by atoms with Gasteiger partial charge in [-0.25, -0.2) is 4.79 Å². The number of phenols is 2. The number of carbonyl (C=O) groups excluding carboxylic acids is 1. The van der Waals surface area contributed by atoms with Gasteiger partial charge in [0.2, 0.25) is 0 Å². The number of benzene rings is 1. The summed E-state index contributed by atoms with van der Waals surface area (Å²) in [5.74, 6) is -1.22. The van der Waals surface area contributed by atoms with Crippen molar-refractivity contribution < 1.29 is 30.0 Å². The third-order valence-corrected chi connectivity index (χ3v) is 3.77. The van der Waals surface area contributed by atoms with E-state index in [9.17, 15) is 25.2 Å². The molecule has 0 saturated carbocycles. The maximum Gasteiger partial charge on any atom is 0.342 e. The summed E-state index contributed by atoms with van der Waals surface area (Å²) in [5.41, 5.74) is 0.310. The quantitative estimate of drug-likeness (QED) is 0.428. The molecular formula is C18H22O6. The molecule has 0 unspecified atom stereocenters. The summed E-state index contributed by atoms with van der Waals surface area (Å²) in [7, 11) is 0. The van der Waals surface area contributed by atoms with Gasteiger partial charge in [0.1, 0.15) is 23.2 Å². The Morgan fingerprint density at radius 3 is 2.67 bits per heavy atom. The van der Waals surface area contributed by atoms with E-state index in [2.05, 4.69) is 0 Å². The van der Waals surface area contributed by atoms with Gasteiger partial charge in [0.15, 0.2) is 0 Å². The molecule has 0 bridgehead atoms. The van der Waals surface area contributed by atoms with Crippen molar-refractivity contribution in [2.24, 2.45) is 0 Å². The Labute approximate surface area is 140 Å². The number of ether oxygens (including phenoxy) is 1. The zero-order chi connectivity index (χ0) is 17.7. The number of hydrogen-bond acceptors (Lipinski definition) is 6. The van der Waals surface area contributed by atoms with Gasteiger partial charge in [-0.3, -0.25) is 0 Å². The summed E-state index contributed by atoms with van der Waals surface area (Å²) >= 11 is 0. The smallest absolute Gasteiger partial charge is 0.342 e. The Hall–Kier alpha value is -2.31. The van der Waals surface area contributed by atoms with Gasteiger partial charge in [0.25, 0.3) is 0 Å². The van der Waals surface area contributed by atoms with E-state index in [0.717, 1.165) is 6.07 Å². The highest BCUT2D eigenvalue weighted by Gasteiger charge is 2.20. The third kappa shape index (κ3) is 4.59. The molecule has 1 aliphatic heterocycles. The molecule has 24 heavy (non-hydrogen) atoms. The first kappa shape index (κ1) is 18.0. The summed E-state index contributed by atoms with van der Waals surface area (Å²) in [4.78, 5) is 12.3. The highest BCUT2D eigenvalue weighted by molar-refractivity contribution is 5.97. The molecule has 1 aromatic carbocycles. The van der Waals surface area contributed by atoms with E-state index < -0.39 is 24.3 Å². The second-order valence-corrected chi connectivity index (χ2v) is 5.85. The Morgan fingerprint density at radius 2 is 1.92 bits per heavy atom. The maximum absolute atomic E-state index is 12.3. The highest BCUT2D eigenvalue weighted by Crippen LogP contribution is 2.29. The zero-order valence-corrected chi connectivity index (χ0v) is 13.4. The van der Waals surface area contributed by atoms with Crippen molar-refractivity contribution >= 4 is 12.0 Å². The van der Waals surface area contributed by atoms with Crippen LogP contribution in [-0.4, -0.2) is 44.7 Å². The van der Waals surface area contributed by atoms with Crippen LogP contribution >= 0.6 is 0 Å². The van der Waals surface area contributed by atoms with Crippen LogP contribution in [0.2, 0.25) is 0 Å². The van der Waals surface area contributed by atoms with Crippen LogP contribution in [0.5, 0.6) is 11.5 Å². The molecule has 6 heteroatoms. The third-order valence-electron chi connectivity index (χ3n) is 3.77. The largest absolute Gasteiger partial charge is 0.508 e. The number of aromatic hydroxyl groups is 2. The summed E-state index contributed by atoms with van der Waals surface area (Å²) in [6.45, 7) is 1.68. The fourth-order valence-corrected chi connectivity index (χ4v) is 2.46. The molecule has 130 valence electrons. The summed E-state index contributed by atoms with van der Waals surface area (Å²) in [5, 5.41) is 39.3. The number of cyclic esters (lactones) is 1. The van der Waals surface area contributed by atoms with E-state index in [4.69, 9.17) is 4.74 Å². The average molecular weight is 334 g/mol. The minimum Gasteiger partial charge on any atom is -0.508 e. The van der Waals surface area contributed by atoms with E-state index >= 15 is 0 Å². The van der Waals surface area contributed by atoms with Crippen molar-refractivity contribution in [3.05, 3.63) is 41.5 Å². The van der Waals surface area contributed by atoms with E-state index in [1.807, 2.05) is 0 Å². The number of esters is 1. The van der Waals surface area contributed by atoms with Crippen molar-refractivity contribution in [2.75, 3.05) is 0 Å². The number of aliphatic hydroxyl groups is 2. The lowest BCUT2D eigenvalue weighted by Crippen LogP contribution is -2.23. The number of aliphatic hydroxyl groups excluding tert-OH is 2. The van der Waals surface area contributed by atoms with E-state index in [0.29, 0.717) is 24.8 Å². The molecule has 0 spiro atoms. The number of rotatable bonds is 0. The number of hydrogen-bond donors (Lipinski definition) is 4. The van der Waals surface area contributed by atoms with Crippen molar-refractivity contribution in [3.8, 4) is 11.5 Å². The normalized spacial score (nSPS) is 25.6. The summed E-state index contributed by atoms with van der Waals surface area (Å²) in [6, 6.07) is 2.44. The Morgan fingerprint density at radius 1 is 1.17 bits per heavy atom. The van der Waals surface area contributed by atoms with Crippen LogP contribution in [0.1, 0.15) is 42.1 Å². The molecule has 0 fully saturated rings. The minimum absolute atomic E-state index is 0.0162. The topological polar surface area (TPSA) is 107 Å². The van der Waals surface area contributed by atoms with Crippen molar-refractivity contribution in [2.45, 2.75) is 44.5 Å². The van der Waals surface area contributed by atoms with E-state index in [1.165, 1.54) is 12.1 Å². The molecule has 4 N–H and O–H groups in total. The van der Waals surface area contributed by atoms with Crippen LogP contribution in [0, 0.1) is 0 Å². The predicted molar refractivity (Wildman–Crippen MR) is 88.7 cm³/mol. The van der Waals surface area contributed by atoms with Gasteiger partial charge in [0.05, 0.1) is 12.2 Å². The van der Waals surface area contributed by atoms with Gasteiger partial charge in [-0.2, -0.15) is 0 Å². The van der Waals surface area contributed by atoms with Gasteiger partial charge in [-0.05, 0) is 31.4 Å². The molecule has 1 aliphatic rings. The van der Waals surface area contributed by atoms with Crippen LogP contribution in [0.15, 0.2) is 30.4 Å². The van der Waals surface area contributed by atoms with Crippen LogP contribution in [0.4, 0.5) is 0 Å². The molecular weight excluding hydrogens is 312 g/mol. The first-order valence-corrected chi connectivity index (χ1v) is 7.84. The number of fused-ring (bicyclic) bond motifs is 1. The summed E-state index contributed by atoms with van der Waals surface area (Å²) < 4.78 is 5.29. The molecule has 0 aromatic heterocycles. The molecule has 1 heterocycles. The maximum atomic E-state index is 12.3. The van der Waals surface area contributed by atoms with Gasteiger partial charge in [-0.15, -0.1) is 0 Å². The zero-order valence-electron chi connectivity index (χ0n) is 13.4. The standard InChI is InChI=1S/C18H22O6/c1-11-5-4-8-15(21)14(20)7-3-2-6-12-9-13(19)10-16(22)17(12)18(23)24-11/h2,4,6,8-11,14-15,19-22H,3,5,7H2,1H3/t11-,14+,15-/m1/s1. The fourth-order valence-electron chi connectivity index (χ4n) is 2.46. The van der Waals surface area contributed by atoms with Crippen LogP contribution in [0.25, 0.3) is 6.08 Å². The summed E-state index contributed by atoms with van der Waals surface area (Å²) in [6.07, 6.45) is 5.18. The lowest BCUT2D eigenvalue weighted by molar-refractivity contribution is 0.0337. The van der Waals surface area contributed by atoms with Crippen molar-refractivity contribution in [3.63, 3.8) is 0 Å². The van der Waals surface area contributed by atoms with Gasteiger partial charge < -0.3 is 25.2 Å². The minimum atomic E-state index is -0.982. The van der Waals surface area contributed by atoms with Gasteiger partial charge >= 0.3 is 5.97 Å². The lowest BCUT2D eigenvalue weighted by Gasteiger charge is -2.16. The number of allylic oxidation sites excluding steroid dienone is 1. The lowest BCUT2D eigenvalue weighted by atomic mass is 10.0. The van der Waals surface area contributed by atoms with Gasteiger partial charge in [0, 0.05) is 12.5 Å². The Balaban J connectivity index is 2.36. The molecule has 6 nitrogen and oxygen atoms in total. The molecule has 1 aromatic rings. The molecule has 0 aliphatic carbocycles. The van der Waals surface area contributed by atoms with Crippen LogP contribution in [0.3, 0.4) is 0 Å². The molecule has 0 amide bonds. The Kier molecular flexibility index (Phi) is 6.00. The molecule has 3 atom stereocenters. The SMILES string of the molecule is C[C@@H]1CC=C[C@@H](O)[C@@H](O)CCC=Cc2cc(O)cc(O)c2C(=O)O1. The second-order valence-electron chi connectivity index (χ2n) is 5.85. The number of phenolic OH excluding ortho intramolecular Hbond substituents is 2. The average Bonchev–Trinajstić information content (AvgIpc) is 2.49.